The molecule has 1 aliphatic carbocycles. The average molecular weight is 378 g/mol. The number of ether oxygens (including phenoxy) is 1. The third-order valence-corrected chi connectivity index (χ3v) is 5.58. The molecule has 0 fully saturated rings. The van der Waals surface area contributed by atoms with Gasteiger partial charge in [-0.1, -0.05) is 32.0 Å². The van der Waals surface area contributed by atoms with E-state index in [0.717, 1.165) is 47.2 Å². The van der Waals surface area contributed by atoms with Crippen molar-refractivity contribution in [2.45, 2.75) is 58.5 Å². The lowest BCUT2D eigenvalue weighted by Gasteiger charge is -2.37. The second-order valence-electron chi connectivity index (χ2n) is 8.59. The zero-order valence-corrected chi connectivity index (χ0v) is 16.5. The van der Waals surface area contributed by atoms with Crippen LogP contribution < -0.4 is 5.32 Å². The summed E-state index contributed by atoms with van der Waals surface area (Å²) >= 11 is 0. The second-order valence-corrected chi connectivity index (χ2v) is 8.59. The Morgan fingerprint density at radius 3 is 2.93 bits per heavy atom. The van der Waals surface area contributed by atoms with Gasteiger partial charge in [0.25, 0.3) is 0 Å². The molecule has 1 aromatic heterocycles. The maximum atomic E-state index is 12.5. The van der Waals surface area contributed by atoms with Crippen LogP contribution in [0.2, 0.25) is 0 Å². The van der Waals surface area contributed by atoms with Gasteiger partial charge in [0.1, 0.15) is 5.76 Å². The highest BCUT2D eigenvalue weighted by atomic mass is 16.5. The molecule has 2 heterocycles. The smallest absolute Gasteiger partial charge is 0.224 e. The van der Waals surface area contributed by atoms with Gasteiger partial charge in [0.15, 0.2) is 5.78 Å². The number of aromatic nitrogens is 1. The van der Waals surface area contributed by atoms with Gasteiger partial charge in [0, 0.05) is 36.4 Å². The molecule has 28 heavy (non-hydrogen) atoms. The average Bonchev–Trinajstić information content (AvgIpc) is 2.65. The van der Waals surface area contributed by atoms with E-state index in [1.165, 1.54) is 0 Å². The lowest BCUT2D eigenvalue weighted by Crippen LogP contribution is -2.32. The molecule has 0 unspecified atom stereocenters. The Balaban J connectivity index is 1.36. The van der Waals surface area contributed by atoms with Crippen molar-refractivity contribution >= 4 is 28.3 Å². The highest BCUT2D eigenvalue weighted by Crippen LogP contribution is 2.42. The highest BCUT2D eigenvalue weighted by molar-refractivity contribution is 6.00. The third kappa shape index (κ3) is 3.93. The number of Topliss-reactive ketones (excluding diaryl/α,β-unsaturated/α-hetero) is 1. The summed E-state index contributed by atoms with van der Waals surface area (Å²) in [6.07, 6.45) is 5.73. The van der Waals surface area contributed by atoms with Crippen molar-refractivity contribution in [1.29, 1.82) is 0 Å². The lowest BCUT2D eigenvalue weighted by atomic mass is 9.74. The zero-order chi connectivity index (χ0) is 19.7. The van der Waals surface area contributed by atoms with Gasteiger partial charge in [-0.25, -0.2) is 0 Å². The molecule has 1 amide bonds. The Labute approximate surface area is 165 Å². The summed E-state index contributed by atoms with van der Waals surface area (Å²) in [5.74, 6) is 1.05. The fourth-order valence-electron chi connectivity index (χ4n) is 4.17. The quantitative estimate of drug-likeness (QED) is 0.832. The zero-order valence-electron chi connectivity index (χ0n) is 16.5. The monoisotopic (exact) mass is 378 g/mol. The summed E-state index contributed by atoms with van der Waals surface area (Å²) in [4.78, 5) is 29.2. The molecule has 146 valence electrons. The number of amides is 1. The van der Waals surface area contributed by atoms with Crippen LogP contribution in [0.3, 0.4) is 0 Å². The van der Waals surface area contributed by atoms with Crippen LogP contribution in [0, 0.1) is 5.41 Å². The molecule has 0 bridgehead atoms. The van der Waals surface area contributed by atoms with Crippen molar-refractivity contribution in [3.05, 3.63) is 47.9 Å². The van der Waals surface area contributed by atoms with Crippen molar-refractivity contribution in [3.63, 3.8) is 0 Å². The number of para-hydroxylation sites is 1. The minimum absolute atomic E-state index is 0.00292. The predicted octanol–water partition coefficient (Wildman–Crippen LogP) is 4.78. The number of rotatable bonds is 4. The summed E-state index contributed by atoms with van der Waals surface area (Å²) < 4.78 is 6.13. The van der Waals surface area contributed by atoms with Crippen LogP contribution in [-0.4, -0.2) is 22.8 Å². The Morgan fingerprint density at radius 2 is 2.07 bits per heavy atom. The van der Waals surface area contributed by atoms with Crippen molar-refractivity contribution < 1.29 is 14.3 Å². The fourth-order valence-corrected chi connectivity index (χ4v) is 4.17. The summed E-state index contributed by atoms with van der Waals surface area (Å²) in [7, 11) is 0. The molecular weight excluding hydrogens is 352 g/mol. The number of carbonyl (C=O) groups excluding carboxylic acids is 2. The molecule has 1 atom stereocenters. The number of fused-ring (bicyclic) bond motifs is 1. The Morgan fingerprint density at radius 1 is 1.25 bits per heavy atom. The summed E-state index contributed by atoms with van der Waals surface area (Å²) in [5.41, 5.74) is 2.36. The van der Waals surface area contributed by atoms with Crippen LogP contribution >= 0.6 is 0 Å². The standard InChI is InChI=1S/C23H26N2O3/c1-23(2)13-19(26)17-10-8-16(28-20(17)14-23)9-11-21(27)25-18-7-3-5-15-6-4-12-24-22(15)18/h3-7,12,16H,8-11,13-14H2,1-2H3,(H,25,27)/t16-/m0/s1. The van der Waals surface area contributed by atoms with E-state index in [2.05, 4.69) is 24.1 Å². The maximum Gasteiger partial charge on any atom is 0.224 e. The number of hydrogen-bond acceptors (Lipinski definition) is 4. The van der Waals surface area contributed by atoms with E-state index in [1.807, 2.05) is 30.3 Å². The molecular formula is C23H26N2O3. The molecule has 1 N–H and O–H groups in total. The number of hydrogen-bond donors (Lipinski definition) is 1. The molecule has 0 saturated carbocycles. The van der Waals surface area contributed by atoms with Crippen LogP contribution in [-0.2, 0) is 14.3 Å². The van der Waals surface area contributed by atoms with Crippen molar-refractivity contribution in [2.75, 3.05) is 5.32 Å². The summed E-state index contributed by atoms with van der Waals surface area (Å²) in [5, 5.41) is 3.98. The number of benzene rings is 1. The van der Waals surface area contributed by atoms with E-state index in [-0.39, 0.29) is 23.2 Å². The van der Waals surface area contributed by atoms with Gasteiger partial charge >= 0.3 is 0 Å². The molecule has 2 aromatic rings. The largest absolute Gasteiger partial charge is 0.494 e. The number of carbonyl (C=O) groups is 2. The number of ketones is 1. The second kappa shape index (κ2) is 7.38. The number of nitrogens with zero attached hydrogens (tertiary/aromatic N) is 1. The van der Waals surface area contributed by atoms with Gasteiger partial charge in [-0.15, -0.1) is 0 Å². The Kier molecular flexibility index (Phi) is 4.92. The predicted molar refractivity (Wildman–Crippen MR) is 109 cm³/mol. The van der Waals surface area contributed by atoms with Crippen molar-refractivity contribution in [2.24, 2.45) is 5.41 Å². The molecule has 0 saturated heterocycles. The number of nitrogens with one attached hydrogen (secondary N) is 1. The van der Waals surface area contributed by atoms with E-state index < -0.39 is 0 Å². The SMILES string of the molecule is CC1(C)CC(=O)C2=C(C1)O[C@H](CCC(=O)Nc1cccc3cccnc13)CC2. The Bertz CT molecular complexity index is 956. The summed E-state index contributed by atoms with van der Waals surface area (Å²) in [6, 6.07) is 9.63. The van der Waals surface area contributed by atoms with Crippen LogP contribution in [0.25, 0.3) is 10.9 Å². The highest BCUT2D eigenvalue weighted by Gasteiger charge is 2.37. The number of allylic oxidation sites excluding steroid dienone is 2. The minimum atomic E-state index is -0.0451. The molecule has 0 spiro atoms. The first-order valence-electron chi connectivity index (χ1n) is 9.97. The van der Waals surface area contributed by atoms with Gasteiger partial charge < -0.3 is 10.1 Å². The normalized spacial score (nSPS) is 21.2. The first kappa shape index (κ1) is 18.7. The first-order chi connectivity index (χ1) is 13.4. The number of pyridine rings is 1. The van der Waals surface area contributed by atoms with Gasteiger partial charge in [-0.2, -0.15) is 0 Å². The van der Waals surface area contributed by atoms with Gasteiger partial charge in [-0.3, -0.25) is 14.6 Å². The minimum Gasteiger partial charge on any atom is -0.494 e. The van der Waals surface area contributed by atoms with Crippen LogP contribution in [0.15, 0.2) is 47.9 Å². The third-order valence-electron chi connectivity index (χ3n) is 5.58. The maximum absolute atomic E-state index is 12.5. The van der Waals surface area contributed by atoms with Crippen molar-refractivity contribution in [3.8, 4) is 0 Å². The van der Waals surface area contributed by atoms with Crippen molar-refractivity contribution in [1.82, 2.24) is 4.98 Å². The van der Waals surface area contributed by atoms with E-state index in [9.17, 15) is 9.59 Å². The molecule has 5 heteroatoms. The molecule has 1 aromatic carbocycles. The van der Waals surface area contributed by atoms with Gasteiger partial charge in [0.05, 0.1) is 17.3 Å². The van der Waals surface area contributed by atoms with Crippen LogP contribution in [0.1, 0.15) is 52.4 Å². The first-order valence-corrected chi connectivity index (χ1v) is 9.97. The molecule has 2 aliphatic rings. The van der Waals surface area contributed by atoms with Gasteiger partial charge in [0.2, 0.25) is 5.91 Å². The number of anilines is 1. The Hall–Kier alpha value is -2.69. The van der Waals surface area contributed by atoms with E-state index in [0.29, 0.717) is 19.3 Å². The van der Waals surface area contributed by atoms with Crippen LogP contribution in [0.5, 0.6) is 0 Å². The van der Waals surface area contributed by atoms with Gasteiger partial charge in [-0.05, 0) is 36.8 Å². The summed E-state index contributed by atoms with van der Waals surface area (Å²) in [6.45, 7) is 4.21. The topological polar surface area (TPSA) is 68.3 Å². The van der Waals surface area contributed by atoms with E-state index >= 15 is 0 Å². The van der Waals surface area contributed by atoms with E-state index in [1.54, 1.807) is 6.20 Å². The fraction of sp³-hybridized carbons (Fsp3) is 0.435. The van der Waals surface area contributed by atoms with Crippen LogP contribution in [0.4, 0.5) is 5.69 Å². The lowest BCUT2D eigenvalue weighted by molar-refractivity contribution is -0.120. The molecule has 1 aliphatic heterocycles. The molecule has 5 nitrogen and oxygen atoms in total. The molecule has 0 radical (unpaired) electrons. The van der Waals surface area contributed by atoms with E-state index in [4.69, 9.17) is 4.74 Å². The molecule has 4 rings (SSSR count).